The van der Waals surface area contributed by atoms with Gasteiger partial charge < -0.3 is 10.2 Å². The van der Waals surface area contributed by atoms with Crippen LogP contribution in [-0.4, -0.2) is 40.3 Å². The quantitative estimate of drug-likeness (QED) is 0.838. The summed E-state index contributed by atoms with van der Waals surface area (Å²) in [5.74, 6) is -0.0402. The van der Waals surface area contributed by atoms with Crippen molar-refractivity contribution in [3.8, 4) is 6.07 Å². The Morgan fingerprint density at radius 2 is 2.19 bits per heavy atom. The van der Waals surface area contributed by atoms with Gasteiger partial charge in [-0.25, -0.2) is 0 Å². The molecule has 2 aromatic rings. The molecule has 4 rings (SSSR count). The Labute approximate surface area is 159 Å². The van der Waals surface area contributed by atoms with Gasteiger partial charge >= 0.3 is 0 Å². The highest BCUT2D eigenvalue weighted by Gasteiger charge is 2.53. The molecule has 1 N–H and O–H groups in total. The van der Waals surface area contributed by atoms with E-state index in [2.05, 4.69) is 32.3 Å². The molecule has 1 saturated heterocycles. The largest absolute Gasteiger partial charge is 0.343 e. The van der Waals surface area contributed by atoms with Gasteiger partial charge in [0.1, 0.15) is 6.04 Å². The highest BCUT2D eigenvalue weighted by molar-refractivity contribution is 9.10. The molecule has 1 aromatic heterocycles. The number of nitriles is 1. The fourth-order valence-electron chi connectivity index (χ4n) is 3.79. The fourth-order valence-corrected chi connectivity index (χ4v) is 4.15. The van der Waals surface area contributed by atoms with Crippen molar-refractivity contribution in [3.63, 3.8) is 0 Å². The number of nitrogens with zero attached hydrogens (tertiary/aromatic N) is 3. The number of amides is 2. The van der Waals surface area contributed by atoms with E-state index in [1.165, 1.54) is 0 Å². The standard InChI is InChI=1S/C19H17BrN4O2/c1-10-4-15(14-7-12(20)2-3-16(14)23-10)19(26)22-9-18(25)24-13(8-21)5-11-6-17(11)24/h2-4,7,11,13,17H,5-6,9H2,1H3,(H,22,26)/t11-,13+,17+/m1/s1. The number of nitrogens with one attached hydrogen (secondary N) is 1. The Morgan fingerprint density at radius 3 is 2.96 bits per heavy atom. The zero-order valence-electron chi connectivity index (χ0n) is 14.2. The van der Waals surface area contributed by atoms with Crippen LogP contribution in [0.5, 0.6) is 0 Å². The van der Waals surface area contributed by atoms with Crippen LogP contribution in [0.1, 0.15) is 28.9 Å². The second-order valence-electron chi connectivity index (χ2n) is 6.90. The van der Waals surface area contributed by atoms with Gasteiger partial charge in [0.15, 0.2) is 0 Å². The topological polar surface area (TPSA) is 86.1 Å². The summed E-state index contributed by atoms with van der Waals surface area (Å²) in [5.41, 5.74) is 1.96. The van der Waals surface area contributed by atoms with E-state index in [1.54, 1.807) is 11.0 Å². The summed E-state index contributed by atoms with van der Waals surface area (Å²) in [6.45, 7) is 1.73. The van der Waals surface area contributed by atoms with Crippen molar-refractivity contribution < 1.29 is 9.59 Å². The Kier molecular flexibility index (Phi) is 4.16. The molecule has 6 nitrogen and oxygen atoms in total. The summed E-state index contributed by atoms with van der Waals surface area (Å²) in [5, 5.41) is 12.7. The molecule has 0 radical (unpaired) electrons. The zero-order chi connectivity index (χ0) is 18.4. The first-order chi connectivity index (χ1) is 12.5. The summed E-state index contributed by atoms with van der Waals surface area (Å²) < 4.78 is 0.856. The van der Waals surface area contributed by atoms with Crippen LogP contribution in [0.4, 0.5) is 0 Å². The van der Waals surface area contributed by atoms with Gasteiger partial charge in [0.05, 0.1) is 23.7 Å². The summed E-state index contributed by atoms with van der Waals surface area (Å²) in [6, 6.07) is 9.31. The lowest BCUT2D eigenvalue weighted by atomic mass is 10.1. The van der Waals surface area contributed by atoms with Crippen LogP contribution >= 0.6 is 15.9 Å². The third-order valence-corrected chi connectivity index (χ3v) is 5.58. The number of carbonyl (C=O) groups excluding carboxylic acids is 2. The van der Waals surface area contributed by atoms with Gasteiger partial charge in [-0.05, 0) is 49.9 Å². The zero-order valence-corrected chi connectivity index (χ0v) is 15.8. The average molecular weight is 413 g/mol. The fraction of sp³-hybridized carbons (Fsp3) is 0.368. The van der Waals surface area contributed by atoms with Crippen LogP contribution in [0, 0.1) is 24.2 Å². The molecule has 7 heteroatoms. The smallest absolute Gasteiger partial charge is 0.252 e. The molecule has 26 heavy (non-hydrogen) atoms. The van der Waals surface area contributed by atoms with Gasteiger partial charge in [-0.1, -0.05) is 15.9 Å². The van der Waals surface area contributed by atoms with Crippen molar-refractivity contribution >= 4 is 38.6 Å². The molecule has 0 unspecified atom stereocenters. The first-order valence-corrected chi connectivity index (χ1v) is 9.33. The second kappa shape index (κ2) is 6.36. The lowest BCUT2D eigenvalue weighted by molar-refractivity contribution is -0.131. The SMILES string of the molecule is Cc1cc(C(=O)NCC(=O)N2[C@H](C#N)C[C@@H]3C[C@@H]32)c2cc(Br)ccc2n1. The predicted octanol–water partition coefficient (Wildman–Crippen LogP) is 2.55. The lowest BCUT2D eigenvalue weighted by Gasteiger charge is -2.22. The number of hydrogen-bond acceptors (Lipinski definition) is 4. The minimum Gasteiger partial charge on any atom is -0.343 e. The minimum absolute atomic E-state index is 0.100. The van der Waals surface area contributed by atoms with E-state index in [-0.39, 0.29) is 30.4 Å². The van der Waals surface area contributed by atoms with E-state index < -0.39 is 0 Å². The van der Waals surface area contributed by atoms with E-state index in [0.29, 0.717) is 11.5 Å². The number of benzene rings is 1. The van der Waals surface area contributed by atoms with Crippen molar-refractivity contribution in [3.05, 3.63) is 40.0 Å². The molecule has 2 fully saturated rings. The molecule has 132 valence electrons. The number of aromatic nitrogens is 1. The molecule has 3 atom stereocenters. The van der Waals surface area contributed by atoms with Crippen molar-refractivity contribution in [2.75, 3.05) is 6.54 Å². The van der Waals surface area contributed by atoms with Crippen molar-refractivity contribution in [1.29, 1.82) is 5.26 Å². The molecular weight excluding hydrogens is 396 g/mol. The van der Waals surface area contributed by atoms with Crippen LogP contribution in [0.3, 0.4) is 0 Å². The third kappa shape index (κ3) is 2.95. The van der Waals surface area contributed by atoms with Crippen LogP contribution in [0.2, 0.25) is 0 Å². The van der Waals surface area contributed by atoms with Crippen molar-refractivity contribution in [1.82, 2.24) is 15.2 Å². The van der Waals surface area contributed by atoms with Crippen LogP contribution in [0.15, 0.2) is 28.7 Å². The third-order valence-electron chi connectivity index (χ3n) is 5.08. The minimum atomic E-state index is -0.358. The predicted molar refractivity (Wildman–Crippen MR) is 99.3 cm³/mol. The van der Waals surface area contributed by atoms with E-state index in [4.69, 9.17) is 0 Å². The van der Waals surface area contributed by atoms with E-state index in [1.807, 2.05) is 25.1 Å². The molecule has 0 bridgehead atoms. The van der Waals surface area contributed by atoms with E-state index >= 15 is 0 Å². The first-order valence-electron chi connectivity index (χ1n) is 8.54. The Balaban J connectivity index is 1.52. The number of rotatable bonds is 3. The van der Waals surface area contributed by atoms with Crippen molar-refractivity contribution in [2.45, 2.75) is 31.8 Å². The Hall–Kier alpha value is -2.46. The van der Waals surface area contributed by atoms with Gasteiger partial charge in [0.2, 0.25) is 5.91 Å². The molecule has 2 amide bonds. The molecule has 2 heterocycles. The highest BCUT2D eigenvalue weighted by atomic mass is 79.9. The number of aryl methyl sites for hydroxylation is 1. The maximum Gasteiger partial charge on any atom is 0.252 e. The Bertz CT molecular complexity index is 968. The summed E-state index contributed by atoms with van der Waals surface area (Å²) in [7, 11) is 0. The molecule has 2 aliphatic rings. The summed E-state index contributed by atoms with van der Waals surface area (Å²) in [4.78, 5) is 31.3. The Morgan fingerprint density at radius 1 is 1.38 bits per heavy atom. The number of carbonyl (C=O) groups is 2. The molecule has 1 aliphatic carbocycles. The first kappa shape index (κ1) is 17.0. The number of halogens is 1. The van der Waals surface area contributed by atoms with Gasteiger partial charge in [0.25, 0.3) is 5.91 Å². The number of pyridine rings is 1. The van der Waals surface area contributed by atoms with Gasteiger partial charge in [-0.3, -0.25) is 14.6 Å². The number of piperidine rings is 1. The normalized spacial score (nSPS) is 23.4. The van der Waals surface area contributed by atoms with E-state index in [9.17, 15) is 14.9 Å². The number of hydrogen-bond donors (Lipinski definition) is 1. The van der Waals surface area contributed by atoms with E-state index in [0.717, 1.165) is 33.9 Å². The van der Waals surface area contributed by atoms with Crippen LogP contribution in [-0.2, 0) is 4.79 Å². The number of fused-ring (bicyclic) bond motifs is 2. The maximum atomic E-state index is 12.7. The summed E-state index contributed by atoms with van der Waals surface area (Å²) >= 11 is 3.42. The average Bonchev–Trinajstić information content (AvgIpc) is 3.28. The lowest BCUT2D eigenvalue weighted by Crippen LogP contribution is -2.44. The number of likely N-dealkylation sites (tertiary alicyclic amines) is 1. The maximum absolute atomic E-state index is 12.7. The van der Waals surface area contributed by atoms with Crippen molar-refractivity contribution in [2.24, 2.45) is 5.92 Å². The monoisotopic (exact) mass is 412 g/mol. The van der Waals surface area contributed by atoms with Gasteiger partial charge in [0, 0.05) is 21.6 Å². The molecular formula is C19H17BrN4O2. The van der Waals surface area contributed by atoms with Crippen LogP contribution in [0.25, 0.3) is 10.9 Å². The second-order valence-corrected chi connectivity index (χ2v) is 7.82. The molecule has 1 aliphatic heterocycles. The van der Waals surface area contributed by atoms with Gasteiger partial charge in [-0.15, -0.1) is 0 Å². The molecule has 1 saturated carbocycles. The van der Waals surface area contributed by atoms with Gasteiger partial charge in [-0.2, -0.15) is 5.26 Å². The molecule has 1 aromatic carbocycles. The molecule has 0 spiro atoms. The summed E-state index contributed by atoms with van der Waals surface area (Å²) in [6.07, 6.45) is 1.73. The van der Waals surface area contributed by atoms with Crippen LogP contribution < -0.4 is 5.32 Å². The highest BCUT2D eigenvalue weighted by Crippen LogP contribution is 2.47.